The van der Waals surface area contributed by atoms with Gasteiger partial charge in [0.15, 0.2) is 0 Å². The van der Waals surface area contributed by atoms with Crippen LogP contribution in [0.5, 0.6) is 0 Å². The van der Waals surface area contributed by atoms with Gasteiger partial charge in [-0.25, -0.2) is 9.49 Å². The van der Waals surface area contributed by atoms with Crippen LogP contribution in [-0.2, 0) is 15.7 Å². The molecule has 5 nitrogen and oxygen atoms in total. The second kappa shape index (κ2) is 6.53. The highest BCUT2D eigenvalue weighted by Gasteiger charge is 2.52. The number of benzene rings is 2. The van der Waals surface area contributed by atoms with Crippen LogP contribution >= 0.6 is 0 Å². The maximum absolute atomic E-state index is 14.5. The number of aromatic nitrogens is 2. The highest BCUT2D eigenvalue weighted by atomic mass is 19.1. The standard InChI is InChI=1S/C21H22BFN2O3/c1-20(2)21(3,4)28-22(27-20)16-11-13(9-10-17(16)23)12-18-14-7-5-6-8-15(14)19(26)25-24-18/h5-11H,12H2,1-4H3,(H,25,26). The molecule has 0 amide bonds. The molecule has 1 aliphatic rings. The predicted octanol–water partition coefficient (Wildman–Crippen LogP) is 2.95. The number of rotatable bonds is 3. The lowest BCUT2D eigenvalue weighted by Gasteiger charge is -2.32. The molecule has 1 N–H and O–H groups in total. The van der Waals surface area contributed by atoms with Gasteiger partial charge in [-0.15, -0.1) is 0 Å². The van der Waals surface area contributed by atoms with E-state index in [0.717, 1.165) is 16.6 Å². The molecule has 3 aromatic rings. The summed E-state index contributed by atoms with van der Waals surface area (Å²) in [4.78, 5) is 12.0. The molecule has 0 radical (unpaired) electrons. The number of hydrogen-bond acceptors (Lipinski definition) is 4. The van der Waals surface area contributed by atoms with E-state index in [1.54, 1.807) is 18.2 Å². The number of aromatic amines is 1. The number of halogens is 1. The molecule has 0 aliphatic carbocycles. The third-order valence-electron chi connectivity index (χ3n) is 5.71. The van der Waals surface area contributed by atoms with Gasteiger partial charge < -0.3 is 9.31 Å². The maximum atomic E-state index is 14.5. The molecule has 2 aromatic carbocycles. The summed E-state index contributed by atoms with van der Waals surface area (Å²) in [5.74, 6) is -0.374. The van der Waals surface area contributed by atoms with Crippen molar-refractivity contribution in [2.75, 3.05) is 0 Å². The van der Waals surface area contributed by atoms with Gasteiger partial charge in [0.2, 0.25) is 0 Å². The fraction of sp³-hybridized carbons (Fsp3) is 0.333. The molecule has 0 unspecified atom stereocenters. The SMILES string of the molecule is CC1(C)OB(c2cc(Cc3n[nH]c(=O)c4ccccc34)ccc2F)OC1(C)C. The van der Waals surface area contributed by atoms with E-state index < -0.39 is 18.3 Å². The van der Waals surface area contributed by atoms with Gasteiger partial charge in [0.05, 0.1) is 22.3 Å². The Hall–Kier alpha value is -2.51. The van der Waals surface area contributed by atoms with Crippen LogP contribution in [0.25, 0.3) is 10.8 Å². The molecule has 0 bridgehead atoms. The molecule has 1 fully saturated rings. The highest BCUT2D eigenvalue weighted by molar-refractivity contribution is 6.62. The average Bonchev–Trinajstić information content (AvgIpc) is 2.86. The molecular weight excluding hydrogens is 358 g/mol. The van der Waals surface area contributed by atoms with E-state index in [1.165, 1.54) is 6.07 Å². The van der Waals surface area contributed by atoms with E-state index in [9.17, 15) is 9.18 Å². The second-order valence-corrected chi connectivity index (χ2v) is 8.17. The zero-order valence-electron chi connectivity index (χ0n) is 16.4. The van der Waals surface area contributed by atoms with E-state index in [-0.39, 0.29) is 11.4 Å². The van der Waals surface area contributed by atoms with E-state index >= 15 is 0 Å². The highest BCUT2D eigenvalue weighted by Crippen LogP contribution is 2.36. The van der Waals surface area contributed by atoms with Crippen molar-refractivity contribution in [3.05, 3.63) is 69.9 Å². The van der Waals surface area contributed by atoms with E-state index in [0.29, 0.717) is 17.3 Å². The van der Waals surface area contributed by atoms with Crippen LogP contribution in [0.2, 0.25) is 0 Å². The quantitative estimate of drug-likeness (QED) is 0.710. The number of nitrogens with zero attached hydrogens (tertiary/aromatic N) is 1. The van der Waals surface area contributed by atoms with E-state index in [4.69, 9.17) is 9.31 Å². The molecule has 28 heavy (non-hydrogen) atoms. The molecule has 0 spiro atoms. The summed E-state index contributed by atoms with van der Waals surface area (Å²) < 4.78 is 26.5. The van der Waals surface area contributed by atoms with Gasteiger partial charge >= 0.3 is 7.12 Å². The lowest BCUT2D eigenvalue weighted by Crippen LogP contribution is -2.41. The second-order valence-electron chi connectivity index (χ2n) is 8.17. The first-order valence-electron chi connectivity index (χ1n) is 9.28. The predicted molar refractivity (Wildman–Crippen MR) is 107 cm³/mol. The van der Waals surface area contributed by atoms with Gasteiger partial charge in [0.1, 0.15) is 5.82 Å². The van der Waals surface area contributed by atoms with Gasteiger partial charge in [-0.1, -0.05) is 30.3 Å². The Balaban J connectivity index is 1.70. The average molecular weight is 380 g/mol. The maximum Gasteiger partial charge on any atom is 0.497 e. The molecule has 144 valence electrons. The third kappa shape index (κ3) is 3.14. The molecule has 0 saturated carbocycles. The molecule has 0 atom stereocenters. The van der Waals surface area contributed by atoms with Crippen LogP contribution in [0.15, 0.2) is 47.3 Å². The van der Waals surface area contributed by atoms with Gasteiger partial charge in [0, 0.05) is 17.3 Å². The minimum Gasteiger partial charge on any atom is -0.399 e. The summed E-state index contributed by atoms with van der Waals surface area (Å²) >= 11 is 0. The first kappa shape index (κ1) is 18.8. The topological polar surface area (TPSA) is 64.2 Å². The van der Waals surface area contributed by atoms with E-state index in [2.05, 4.69) is 10.2 Å². The summed E-state index contributed by atoms with van der Waals surface area (Å²) in [5.41, 5.74) is 0.631. The van der Waals surface area contributed by atoms with Crippen LogP contribution in [-0.4, -0.2) is 28.5 Å². The largest absolute Gasteiger partial charge is 0.497 e. The minimum absolute atomic E-state index is 0.226. The van der Waals surface area contributed by atoms with Gasteiger partial charge in [-0.2, -0.15) is 5.10 Å². The van der Waals surface area contributed by atoms with Crippen molar-refractivity contribution < 1.29 is 13.7 Å². The molecule has 1 saturated heterocycles. The van der Waals surface area contributed by atoms with Crippen molar-refractivity contribution in [2.45, 2.75) is 45.3 Å². The molecule has 2 heterocycles. The van der Waals surface area contributed by atoms with Crippen molar-refractivity contribution >= 4 is 23.4 Å². The Kier molecular flexibility index (Phi) is 4.40. The van der Waals surface area contributed by atoms with Crippen LogP contribution in [0, 0.1) is 5.82 Å². The lowest BCUT2D eigenvalue weighted by atomic mass is 9.77. The van der Waals surface area contributed by atoms with Gasteiger partial charge in [-0.05, 0) is 45.4 Å². The first-order valence-corrected chi connectivity index (χ1v) is 9.28. The van der Waals surface area contributed by atoms with E-state index in [1.807, 2.05) is 45.9 Å². The number of fused-ring (bicyclic) bond motifs is 1. The number of H-pyrrole nitrogens is 1. The summed E-state index contributed by atoms with van der Waals surface area (Å²) in [7, 11) is -0.773. The minimum atomic E-state index is -0.773. The Bertz CT molecular complexity index is 1090. The van der Waals surface area contributed by atoms with Crippen LogP contribution in [0.1, 0.15) is 39.0 Å². The van der Waals surface area contributed by atoms with Crippen molar-refractivity contribution in [1.29, 1.82) is 0 Å². The lowest BCUT2D eigenvalue weighted by molar-refractivity contribution is 0.00578. The van der Waals surface area contributed by atoms with Gasteiger partial charge in [0.25, 0.3) is 5.56 Å². The number of hydrogen-bond donors (Lipinski definition) is 1. The summed E-state index contributed by atoms with van der Waals surface area (Å²) in [6.07, 6.45) is 0.448. The molecule has 4 rings (SSSR count). The van der Waals surface area contributed by atoms with Crippen molar-refractivity contribution in [3.63, 3.8) is 0 Å². The normalized spacial score (nSPS) is 18.0. The van der Waals surface area contributed by atoms with Gasteiger partial charge in [-0.3, -0.25) is 4.79 Å². The third-order valence-corrected chi connectivity index (χ3v) is 5.71. The Morgan fingerprint density at radius 3 is 2.36 bits per heavy atom. The summed E-state index contributed by atoms with van der Waals surface area (Å²) in [5, 5.41) is 8.11. The van der Waals surface area contributed by atoms with Crippen LogP contribution < -0.4 is 11.0 Å². The fourth-order valence-corrected chi connectivity index (χ4v) is 3.35. The summed E-state index contributed by atoms with van der Waals surface area (Å²) in [6, 6.07) is 12.2. The van der Waals surface area contributed by atoms with Crippen molar-refractivity contribution in [2.24, 2.45) is 0 Å². The number of nitrogens with one attached hydrogen (secondary N) is 1. The Labute approximate surface area is 163 Å². The van der Waals surface area contributed by atoms with Crippen molar-refractivity contribution in [1.82, 2.24) is 10.2 Å². The molecule has 1 aliphatic heterocycles. The van der Waals surface area contributed by atoms with Crippen LogP contribution in [0.4, 0.5) is 4.39 Å². The summed E-state index contributed by atoms with van der Waals surface area (Å²) in [6.45, 7) is 7.74. The van der Waals surface area contributed by atoms with Crippen LogP contribution in [0.3, 0.4) is 0 Å². The Morgan fingerprint density at radius 1 is 1.04 bits per heavy atom. The zero-order valence-corrected chi connectivity index (χ0v) is 16.4. The fourth-order valence-electron chi connectivity index (χ4n) is 3.35. The molecular formula is C21H22BFN2O3. The molecule has 7 heteroatoms. The molecule has 1 aromatic heterocycles. The zero-order chi connectivity index (χ0) is 20.1. The Morgan fingerprint density at radius 2 is 1.68 bits per heavy atom. The van der Waals surface area contributed by atoms with Crippen molar-refractivity contribution in [3.8, 4) is 0 Å². The first-order chi connectivity index (χ1) is 13.2. The monoisotopic (exact) mass is 380 g/mol. The smallest absolute Gasteiger partial charge is 0.399 e.